The Balaban J connectivity index is 0.000000159. The van der Waals surface area contributed by atoms with E-state index >= 15 is 0 Å². The number of hydrogen-bond acceptors (Lipinski definition) is 25. The molecule has 12 atom stereocenters. The average molecular weight is 2000 g/mol. The van der Waals surface area contributed by atoms with Crippen LogP contribution in [0.1, 0.15) is 187 Å². The minimum Gasteiger partial charge on any atom is -0.508 e. The molecule has 8 heterocycles. The number of nitrogens with zero attached hydrogens (tertiary/aromatic N) is 11. The molecule has 7 fully saturated rings. The lowest BCUT2D eigenvalue weighted by Gasteiger charge is -2.35. The molecule has 142 heavy (non-hydrogen) atoms. The Morgan fingerprint density at radius 3 is 1.20 bits per heavy atom. The van der Waals surface area contributed by atoms with Gasteiger partial charge in [0.2, 0.25) is 70.9 Å². The zero-order valence-electron chi connectivity index (χ0n) is 81.7. The first-order chi connectivity index (χ1) is 68.7. The van der Waals surface area contributed by atoms with Crippen LogP contribution >= 0.6 is 34.7 Å². The number of aromatic amines is 1. The fourth-order valence-electron chi connectivity index (χ4n) is 19.4. The maximum atomic E-state index is 13.8. The van der Waals surface area contributed by atoms with Crippen molar-refractivity contribution in [2.24, 2.45) is 17.8 Å². The number of anilines is 4. The van der Waals surface area contributed by atoms with Gasteiger partial charge in [-0.2, -0.15) is 10.2 Å². The SMILES string of the molecule is CN[C@@H](C)C(=O)N[C@H](C(=O)N1CCC[C@H]1C(=O)Nc1ccnn1-c1cccc(O)c1)C1CCCCC1.CN[C@@H](C)C(=O)N[C@H](C(=O)N1CCC[C@H]1C(=O)Nc1cn[nH]c1-c1ccccc1)C1CCCCC1.CN[C@@H](C)C(=O)N[C@H](C(=O)N1CCC[C@H]1C(=O)Nc1snnc1-c1cccc(Cl)c1)C1CCCCC1.CN[C@@H](C)C(=O)N[C@H](C(=O)N1CCC[C@H]1C(=O)Nc1snnc1-c1ccccc1)c1ccccc1. The summed E-state index contributed by atoms with van der Waals surface area (Å²) < 4.78 is 9.54. The van der Waals surface area contributed by atoms with Crippen molar-refractivity contribution in [3.8, 4) is 45.2 Å². The van der Waals surface area contributed by atoms with Crippen LogP contribution in [0.3, 0.4) is 0 Å². The number of amides is 12. The largest absolute Gasteiger partial charge is 0.508 e. The van der Waals surface area contributed by atoms with Gasteiger partial charge in [0.25, 0.3) is 0 Å². The molecule has 3 aliphatic carbocycles. The van der Waals surface area contributed by atoms with E-state index in [0.717, 1.165) is 155 Å². The molecule has 0 unspecified atom stereocenters. The topological polar surface area (TPSA) is 480 Å². The van der Waals surface area contributed by atoms with Crippen LogP contribution in [0.4, 0.5) is 21.5 Å². The molecule has 3 saturated carbocycles. The van der Waals surface area contributed by atoms with E-state index in [-0.39, 0.29) is 94.4 Å². The molecular formula is C102H133ClN24O13S2. The first-order valence-corrected chi connectivity index (χ1v) is 51.5. The van der Waals surface area contributed by atoms with E-state index in [2.05, 4.69) is 98.3 Å². The molecule has 37 nitrogen and oxygen atoms in total. The molecule has 4 saturated heterocycles. The molecule has 16 rings (SSSR count). The lowest BCUT2D eigenvalue weighted by Crippen LogP contribution is -2.57. The smallest absolute Gasteiger partial charge is 0.250 e. The van der Waals surface area contributed by atoms with E-state index in [0.29, 0.717) is 114 Å². The van der Waals surface area contributed by atoms with E-state index < -0.39 is 72.5 Å². The van der Waals surface area contributed by atoms with Crippen LogP contribution in [-0.2, 0) is 57.5 Å². The van der Waals surface area contributed by atoms with Crippen LogP contribution < -0.4 is 63.8 Å². The summed E-state index contributed by atoms with van der Waals surface area (Å²) >= 11 is 8.31. The number of rotatable bonds is 32. The van der Waals surface area contributed by atoms with Crippen molar-refractivity contribution < 1.29 is 62.6 Å². The van der Waals surface area contributed by atoms with Gasteiger partial charge in [-0.25, -0.2) is 4.68 Å². The molecule has 0 bridgehead atoms. The standard InChI is InChI=1S/C26H36N6O4.C26H36N6O3.C25H33ClN6O3S.C25H28N6O3S/c1-17(27-2)24(34)30-23(18-8-4-3-5-9-18)26(36)31-15-7-12-21(31)25(35)29-22-13-14-28-32(22)19-10-6-11-20(33)16-19;1-17(27-2)24(33)30-23(19-12-7-4-8-13-19)26(35)32-15-9-14-21(32)25(34)29-20-16-28-31-22(20)18-10-5-3-6-11-18;1-15(27-2)22(33)28-21(16-8-4-3-5-9-16)25(35)32-13-7-12-19(32)23(34)29-24-20(30-31-36-24)17-10-6-11-18(26)14-17;1-16(26-2)22(32)27-21(18-12-7-4-8-13-18)25(34)31-15-9-14-19(31)23(33)28-24-20(29-30-35-24)17-10-5-3-6-11-17/h6,10-11,13-14,16-18,21,23,27,33H,3-5,7-9,12,15H2,1-2H3,(H,29,35)(H,30,34);3,5-6,10-11,16-17,19,21,23,27H,4,7-9,12-15H2,1-2H3,(H,28,31)(H,29,34)(H,30,33);6,10-11,14-16,19,21,27H,3-5,7-9,12-13H2,1-2H3,(H,28,33)(H,29,34);3-8,10-13,16,19,21,26H,9,14-15H2,1-2H3,(H,27,32)(H,28,33)/t2*17-,21-,23-;15-,19-,21-;16-,19-,21-/m0000/s1. The molecular weight excluding hydrogens is 1870 g/mol. The molecule has 0 spiro atoms. The molecule has 12 amide bonds. The zero-order valence-corrected chi connectivity index (χ0v) is 84.1. The van der Waals surface area contributed by atoms with Crippen LogP contribution in [0, 0.1) is 17.8 Å². The first-order valence-electron chi connectivity index (χ1n) is 49.6. The van der Waals surface area contributed by atoms with Crippen molar-refractivity contribution in [3.63, 3.8) is 0 Å². The predicted molar refractivity (Wildman–Crippen MR) is 545 cm³/mol. The molecule has 0 radical (unpaired) electrons. The maximum absolute atomic E-state index is 13.8. The van der Waals surface area contributed by atoms with Crippen molar-refractivity contribution in [2.75, 3.05) is 75.6 Å². The summed E-state index contributed by atoms with van der Waals surface area (Å²) in [4.78, 5) is 166. The molecule has 5 aromatic carbocycles. The fourth-order valence-corrected chi connectivity index (χ4v) is 20.8. The van der Waals surface area contributed by atoms with Gasteiger partial charge < -0.3 is 88.5 Å². The number of carbonyl (C=O) groups is 12. The zero-order chi connectivity index (χ0) is 101. The lowest BCUT2D eigenvalue weighted by molar-refractivity contribution is -0.142. The minimum atomic E-state index is -0.891. The molecule has 9 aromatic rings. The summed E-state index contributed by atoms with van der Waals surface area (Å²) in [5.74, 6) is -2.03. The Hall–Kier alpha value is -12.8. The third kappa shape index (κ3) is 27.5. The van der Waals surface area contributed by atoms with Gasteiger partial charge in [0.05, 0.1) is 53.6 Å². The summed E-state index contributed by atoms with van der Waals surface area (Å²) in [5, 5.41) is 66.4. The molecule has 14 N–H and O–H groups in total. The van der Waals surface area contributed by atoms with Crippen LogP contribution in [0.25, 0.3) is 39.5 Å². The average Bonchev–Trinajstić information content (AvgIpc) is 1.62. The van der Waals surface area contributed by atoms with E-state index in [9.17, 15) is 62.6 Å². The van der Waals surface area contributed by atoms with Crippen molar-refractivity contribution in [1.29, 1.82) is 0 Å². The Kier molecular flexibility index (Phi) is 39.2. The number of aromatic nitrogens is 8. The number of halogens is 1. The number of aromatic hydroxyl groups is 1. The summed E-state index contributed by atoms with van der Waals surface area (Å²) in [7, 11) is 6.84. The van der Waals surface area contributed by atoms with Gasteiger partial charge in [-0.3, -0.25) is 62.6 Å². The fraction of sp³-hybridized carbons (Fsp3) is 0.490. The Labute approximate surface area is 841 Å². The highest BCUT2D eigenvalue weighted by molar-refractivity contribution is 7.11. The number of phenols is 1. The summed E-state index contributed by atoms with van der Waals surface area (Å²) in [6, 6.07) is 36.8. The van der Waals surface area contributed by atoms with Gasteiger partial charge in [0.1, 0.15) is 81.3 Å². The normalized spacial score (nSPS) is 19.4. The number of phenolic OH excluding ortho intramolecular Hbond substituents is 1. The summed E-state index contributed by atoms with van der Waals surface area (Å²) in [6.45, 7) is 8.94. The van der Waals surface area contributed by atoms with Crippen molar-refractivity contribution in [1.82, 2.24) is 101 Å². The van der Waals surface area contributed by atoms with E-state index in [4.69, 9.17) is 11.6 Å². The Bertz CT molecular complexity index is 5570. The van der Waals surface area contributed by atoms with Gasteiger partial charge in [-0.15, -0.1) is 10.2 Å². The monoisotopic (exact) mass is 2000 g/mol. The molecule has 4 aromatic heterocycles. The second-order valence-corrected chi connectivity index (χ2v) is 39.2. The minimum absolute atomic E-state index is 0.0655. The van der Waals surface area contributed by atoms with Gasteiger partial charge in [0, 0.05) is 83.1 Å². The molecule has 40 heteroatoms. The number of benzene rings is 5. The van der Waals surface area contributed by atoms with E-state index in [1.54, 1.807) is 142 Å². The predicted octanol–water partition coefficient (Wildman–Crippen LogP) is 10.9. The lowest BCUT2D eigenvalue weighted by atomic mass is 9.83. The Morgan fingerprint density at radius 1 is 0.401 bits per heavy atom. The second-order valence-electron chi connectivity index (χ2n) is 37.2. The molecule has 7 aliphatic rings. The third-order valence-electron chi connectivity index (χ3n) is 27.9. The summed E-state index contributed by atoms with van der Waals surface area (Å²) in [6.07, 6.45) is 23.4. The highest BCUT2D eigenvalue weighted by Crippen LogP contribution is 2.39. The van der Waals surface area contributed by atoms with Crippen LogP contribution in [0.2, 0.25) is 5.02 Å². The first kappa shape index (κ1) is 107. The number of nitrogens with one attached hydrogen (secondary N) is 13. The van der Waals surface area contributed by atoms with Crippen molar-refractivity contribution in [3.05, 3.63) is 169 Å². The number of hydrogen-bond donors (Lipinski definition) is 14. The highest BCUT2D eigenvalue weighted by atomic mass is 35.5. The molecule has 4 aliphatic heterocycles. The Morgan fingerprint density at radius 2 is 0.782 bits per heavy atom. The van der Waals surface area contributed by atoms with Gasteiger partial charge in [-0.1, -0.05) is 188 Å². The highest BCUT2D eigenvalue weighted by Gasteiger charge is 2.47. The van der Waals surface area contributed by atoms with Crippen molar-refractivity contribution in [2.45, 2.75) is 248 Å². The number of H-pyrrole nitrogens is 1. The maximum Gasteiger partial charge on any atom is 0.250 e. The van der Waals surface area contributed by atoms with Gasteiger partial charge >= 0.3 is 0 Å². The van der Waals surface area contributed by atoms with Crippen LogP contribution in [0.15, 0.2) is 158 Å². The van der Waals surface area contributed by atoms with Crippen LogP contribution in [0.5, 0.6) is 5.75 Å². The van der Waals surface area contributed by atoms with Crippen LogP contribution in [-0.4, -0.2) is 256 Å². The number of likely N-dealkylation sites (tertiary alicyclic amines) is 4. The van der Waals surface area contributed by atoms with Gasteiger partial charge in [0.15, 0.2) is 0 Å². The molecule has 758 valence electrons. The summed E-state index contributed by atoms with van der Waals surface area (Å²) in [5.41, 5.74) is 6.23. The van der Waals surface area contributed by atoms with E-state index in [1.807, 2.05) is 91.0 Å². The van der Waals surface area contributed by atoms with Gasteiger partial charge in [-0.05, 0) is 193 Å². The second kappa shape index (κ2) is 52.3. The van der Waals surface area contributed by atoms with Crippen molar-refractivity contribution >= 4 is 127 Å². The number of carbonyl (C=O) groups excluding carboxylic acids is 12. The quantitative estimate of drug-likeness (QED) is 0.0186. The third-order valence-corrected chi connectivity index (χ3v) is 29.4. The van der Waals surface area contributed by atoms with E-state index in [1.165, 1.54) is 4.68 Å². The number of likely N-dealkylation sites (N-methyl/N-ethyl adjacent to an activating group) is 4.